The number of aliphatic carboxylic acids is 1. The number of hydrogen-bond donors (Lipinski definition) is 3. The van der Waals surface area contributed by atoms with Crippen LogP contribution in [0.25, 0.3) is 0 Å². The lowest BCUT2D eigenvalue weighted by atomic mass is 9.66. The van der Waals surface area contributed by atoms with Crippen LogP contribution in [0.1, 0.15) is 18.9 Å². The molecule has 5 N–H and O–H groups in total. The predicted molar refractivity (Wildman–Crippen MR) is 73.6 cm³/mol. The van der Waals surface area contributed by atoms with Crippen molar-refractivity contribution in [2.75, 3.05) is 12.3 Å². The number of fused-ring (bicyclic) bond motifs is 1. The van der Waals surface area contributed by atoms with E-state index in [1.54, 1.807) is 12.1 Å². The van der Waals surface area contributed by atoms with Gasteiger partial charge in [0.2, 0.25) is 0 Å². The average Bonchev–Trinajstić information content (AvgIpc) is 2.41. The summed E-state index contributed by atoms with van der Waals surface area (Å²) in [6, 6.07) is 4.57. The van der Waals surface area contributed by atoms with Gasteiger partial charge in [-0.2, -0.15) is 0 Å². The third kappa shape index (κ3) is 2.36. The average molecular weight is 292 g/mol. The van der Waals surface area contributed by atoms with Crippen LogP contribution in [0.15, 0.2) is 18.2 Å². The predicted octanol–water partition coefficient (Wildman–Crippen LogP) is 0.0642. The molecule has 1 aliphatic rings. The topological polar surface area (TPSA) is 133 Å². The molecule has 0 amide bonds. The van der Waals surface area contributed by atoms with E-state index < -0.39 is 35.5 Å². The highest BCUT2D eigenvalue weighted by atomic mass is 16.5. The Kier molecular flexibility index (Phi) is 3.69. The van der Waals surface area contributed by atoms with Crippen LogP contribution in [0.2, 0.25) is 0 Å². The zero-order valence-electron chi connectivity index (χ0n) is 11.5. The Bertz CT molecular complexity index is 628. The fourth-order valence-corrected chi connectivity index (χ4v) is 2.67. The number of ketones is 1. The van der Waals surface area contributed by atoms with E-state index >= 15 is 0 Å². The van der Waals surface area contributed by atoms with Crippen LogP contribution in [0.5, 0.6) is 5.75 Å². The summed E-state index contributed by atoms with van der Waals surface area (Å²) < 4.78 is 5.14. The molecular formula is C14H16N2O5. The molecule has 2 atom stereocenters. The van der Waals surface area contributed by atoms with Crippen molar-refractivity contribution < 1.29 is 24.2 Å². The second-order valence-electron chi connectivity index (χ2n) is 5.16. The minimum atomic E-state index is -1.34. The molecule has 0 fully saturated rings. The third-order valence-electron chi connectivity index (χ3n) is 3.90. The zero-order valence-corrected chi connectivity index (χ0v) is 11.5. The molecule has 1 aromatic carbocycles. The van der Waals surface area contributed by atoms with E-state index in [2.05, 4.69) is 0 Å². The summed E-state index contributed by atoms with van der Waals surface area (Å²) in [5, 5.41) is 8.99. The van der Waals surface area contributed by atoms with Crippen molar-refractivity contribution in [1.82, 2.24) is 0 Å². The van der Waals surface area contributed by atoms with Crippen LogP contribution >= 0.6 is 0 Å². The van der Waals surface area contributed by atoms with E-state index in [0.29, 0.717) is 11.3 Å². The van der Waals surface area contributed by atoms with Crippen molar-refractivity contribution >= 4 is 23.4 Å². The lowest BCUT2D eigenvalue weighted by Gasteiger charge is -2.39. The number of nitrogen functional groups attached to an aromatic ring is 1. The Morgan fingerprint density at radius 3 is 2.67 bits per heavy atom. The van der Waals surface area contributed by atoms with Crippen molar-refractivity contribution in [3.05, 3.63) is 23.8 Å². The van der Waals surface area contributed by atoms with Crippen LogP contribution in [-0.4, -0.2) is 29.4 Å². The summed E-state index contributed by atoms with van der Waals surface area (Å²) >= 11 is 0. The molecule has 1 aliphatic heterocycles. The van der Waals surface area contributed by atoms with E-state index in [1.807, 2.05) is 0 Å². The normalized spacial score (nSPS) is 24.1. The van der Waals surface area contributed by atoms with Crippen LogP contribution in [0.3, 0.4) is 0 Å². The molecule has 0 radical (unpaired) electrons. The molecule has 21 heavy (non-hydrogen) atoms. The van der Waals surface area contributed by atoms with Crippen LogP contribution in [0, 0.1) is 5.92 Å². The molecule has 0 saturated carbocycles. The Labute approximate surface area is 120 Å². The first-order valence-corrected chi connectivity index (χ1v) is 6.37. The number of carbonyl (C=O) groups excluding carboxylic acids is 2. The first-order chi connectivity index (χ1) is 9.80. The minimum Gasteiger partial charge on any atom is -0.481 e. The molecule has 7 heteroatoms. The number of carbonyl (C=O) groups is 3. The Morgan fingerprint density at radius 2 is 2.10 bits per heavy atom. The van der Waals surface area contributed by atoms with Gasteiger partial charge in [-0.25, -0.2) is 0 Å². The van der Waals surface area contributed by atoms with Gasteiger partial charge in [0.15, 0.2) is 5.78 Å². The summed E-state index contributed by atoms with van der Waals surface area (Å²) in [6.45, 7) is 1.22. The summed E-state index contributed by atoms with van der Waals surface area (Å²) in [5.41, 5.74) is 10.5. The second kappa shape index (κ2) is 5.17. The van der Waals surface area contributed by atoms with Gasteiger partial charge in [0.25, 0.3) is 0 Å². The Hall–Kier alpha value is -2.41. The number of esters is 1. The lowest BCUT2D eigenvalue weighted by Crippen LogP contribution is -2.51. The number of benzene rings is 1. The van der Waals surface area contributed by atoms with Gasteiger partial charge in [0.05, 0.1) is 24.3 Å². The number of hydrogen-bond acceptors (Lipinski definition) is 6. The number of carboxylic acids is 1. The molecule has 7 nitrogen and oxygen atoms in total. The number of Topliss-reactive ketones (excluding diaryl/α,β-unsaturated/α-hetero) is 1. The van der Waals surface area contributed by atoms with Crippen molar-refractivity contribution in [2.24, 2.45) is 11.7 Å². The van der Waals surface area contributed by atoms with Gasteiger partial charge < -0.3 is 21.3 Å². The van der Waals surface area contributed by atoms with Gasteiger partial charge in [0.1, 0.15) is 5.75 Å². The van der Waals surface area contributed by atoms with Gasteiger partial charge in [-0.05, 0) is 13.0 Å². The van der Waals surface area contributed by atoms with Gasteiger partial charge in [-0.1, -0.05) is 6.07 Å². The van der Waals surface area contributed by atoms with E-state index in [0.717, 1.165) is 0 Å². The quantitative estimate of drug-likeness (QED) is 0.406. The molecule has 2 rings (SSSR count). The maximum Gasteiger partial charge on any atom is 0.316 e. The minimum absolute atomic E-state index is 0.172. The largest absolute Gasteiger partial charge is 0.481 e. The molecule has 0 saturated heterocycles. The van der Waals surface area contributed by atoms with E-state index in [9.17, 15) is 14.4 Å². The smallest absolute Gasteiger partial charge is 0.316 e. The summed E-state index contributed by atoms with van der Waals surface area (Å²) in [5.74, 6) is -3.32. The van der Waals surface area contributed by atoms with E-state index in [1.165, 1.54) is 13.0 Å². The Morgan fingerprint density at radius 1 is 1.43 bits per heavy atom. The molecule has 0 aliphatic carbocycles. The lowest BCUT2D eigenvalue weighted by molar-refractivity contribution is -0.153. The molecule has 0 bridgehead atoms. The SMILES string of the molecule is CC1(C(=O)CN)c2ccc(N)cc2OC(=O)C1CC(=O)O. The molecule has 0 aromatic heterocycles. The van der Waals surface area contributed by atoms with Crippen molar-refractivity contribution in [1.29, 1.82) is 0 Å². The van der Waals surface area contributed by atoms with Crippen molar-refractivity contribution in [3.8, 4) is 5.75 Å². The highest BCUT2D eigenvalue weighted by Gasteiger charge is 2.52. The third-order valence-corrected chi connectivity index (χ3v) is 3.90. The standard InChI is InChI=1S/C14H16N2O5/c1-14(11(17)6-15)8-3-2-7(16)4-10(8)21-13(20)9(14)5-12(18)19/h2-4,9H,5-6,15-16H2,1H3,(H,18,19). The first kappa shape index (κ1) is 15.0. The summed E-state index contributed by atoms with van der Waals surface area (Å²) in [4.78, 5) is 35.4. The summed E-state index contributed by atoms with van der Waals surface area (Å²) in [6.07, 6.45) is -0.509. The number of nitrogens with two attached hydrogens (primary N) is 2. The number of ether oxygens (including phenoxy) is 1. The molecule has 1 aromatic rings. The van der Waals surface area contributed by atoms with E-state index in [4.69, 9.17) is 21.3 Å². The van der Waals surface area contributed by atoms with E-state index in [-0.39, 0.29) is 12.3 Å². The number of anilines is 1. The Balaban J connectivity index is 2.64. The molecule has 112 valence electrons. The molecule has 1 heterocycles. The summed E-state index contributed by atoms with van der Waals surface area (Å²) in [7, 11) is 0. The highest BCUT2D eigenvalue weighted by Crippen LogP contribution is 2.45. The van der Waals surface area contributed by atoms with Crippen LogP contribution < -0.4 is 16.2 Å². The maximum atomic E-state index is 12.3. The molecular weight excluding hydrogens is 276 g/mol. The molecule has 0 spiro atoms. The fourth-order valence-electron chi connectivity index (χ4n) is 2.67. The zero-order chi connectivity index (χ0) is 15.8. The van der Waals surface area contributed by atoms with Crippen molar-refractivity contribution in [2.45, 2.75) is 18.8 Å². The number of rotatable bonds is 4. The van der Waals surface area contributed by atoms with Gasteiger partial charge in [-0.3, -0.25) is 14.4 Å². The van der Waals surface area contributed by atoms with Gasteiger partial charge in [0, 0.05) is 17.3 Å². The highest BCUT2D eigenvalue weighted by molar-refractivity contribution is 6.00. The second-order valence-corrected chi connectivity index (χ2v) is 5.16. The van der Waals surface area contributed by atoms with Crippen molar-refractivity contribution in [3.63, 3.8) is 0 Å². The maximum absolute atomic E-state index is 12.3. The van der Waals surface area contributed by atoms with Gasteiger partial charge >= 0.3 is 11.9 Å². The number of carboxylic acid groups (broad SMARTS) is 1. The molecule has 2 unspecified atom stereocenters. The first-order valence-electron chi connectivity index (χ1n) is 6.37. The monoisotopic (exact) mass is 292 g/mol. The van der Waals surface area contributed by atoms with Gasteiger partial charge in [-0.15, -0.1) is 0 Å². The fraction of sp³-hybridized carbons (Fsp3) is 0.357. The van der Waals surface area contributed by atoms with Crippen LogP contribution in [0.4, 0.5) is 5.69 Å². The van der Waals surface area contributed by atoms with Crippen LogP contribution in [-0.2, 0) is 19.8 Å².